The van der Waals surface area contributed by atoms with E-state index in [1.807, 2.05) is 12.1 Å². The van der Waals surface area contributed by atoms with Gasteiger partial charge in [-0.15, -0.1) is 0 Å². The summed E-state index contributed by atoms with van der Waals surface area (Å²) in [5.41, 5.74) is 0.635. The van der Waals surface area contributed by atoms with E-state index in [-0.39, 0.29) is 5.91 Å². The van der Waals surface area contributed by atoms with Gasteiger partial charge >= 0.3 is 24.3 Å². The third kappa shape index (κ3) is 14.4. The first-order chi connectivity index (χ1) is 16.6. The van der Waals surface area contributed by atoms with Crippen LogP contribution in [0.15, 0.2) is 24.3 Å². The molecule has 0 atom stereocenters. The second-order valence-corrected chi connectivity index (χ2v) is 7.26. The van der Waals surface area contributed by atoms with Crippen molar-refractivity contribution in [3.05, 3.63) is 29.8 Å². The van der Waals surface area contributed by atoms with E-state index in [1.165, 1.54) is 25.9 Å². The summed E-state index contributed by atoms with van der Waals surface area (Å²) < 4.78 is 68.6. The molecule has 15 heteroatoms. The summed E-state index contributed by atoms with van der Waals surface area (Å²) in [7, 11) is 1.60. The molecule has 1 aromatic rings. The Hall–Kier alpha value is -3.07. The number of piperidine rings is 1. The number of carbonyl (C=O) groups is 3. The maximum atomic E-state index is 12.0. The van der Waals surface area contributed by atoms with Crippen molar-refractivity contribution in [1.82, 2.24) is 15.5 Å². The van der Waals surface area contributed by atoms with Crippen molar-refractivity contribution in [2.24, 2.45) is 0 Å². The zero-order valence-electron chi connectivity index (χ0n) is 19.6. The molecule has 1 saturated heterocycles. The molecule has 1 aliphatic heterocycles. The van der Waals surface area contributed by atoms with Crippen LogP contribution < -0.4 is 15.4 Å². The lowest BCUT2D eigenvalue weighted by molar-refractivity contribution is -0.193. The van der Waals surface area contributed by atoms with Crippen LogP contribution in [0, 0.1) is 0 Å². The monoisotopic (exact) mass is 533 g/mol. The number of alkyl halides is 6. The molecule has 1 aromatic carbocycles. The predicted molar refractivity (Wildman–Crippen MR) is 116 cm³/mol. The summed E-state index contributed by atoms with van der Waals surface area (Å²) in [4.78, 5) is 32.3. The van der Waals surface area contributed by atoms with Gasteiger partial charge in [-0.1, -0.05) is 13.0 Å². The molecule has 0 saturated carbocycles. The van der Waals surface area contributed by atoms with Gasteiger partial charge in [0, 0.05) is 24.7 Å². The van der Waals surface area contributed by atoms with Crippen molar-refractivity contribution in [1.29, 1.82) is 0 Å². The Morgan fingerprint density at radius 3 is 1.92 bits per heavy atom. The van der Waals surface area contributed by atoms with E-state index in [1.54, 1.807) is 19.2 Å². The van der Waals surface area contributed by atoms with Gasteiger partial charge in [0.15, 0.2) is 0 Å². The number of aliphatic carboxylic acids is 2. The normalized spacial score (nSPS) is 14.4. The molecule has 0 aromatic heterocycles. The molecule has 206 valence electrons. The third-order valence-corrected chi connectivity index (χ3v) is 4.70. The average molecular weight is 533 g/mol. The molecule has 0 spiro atoms. The van der Waals surface area contributed by atoms with E-state index in [9.17, 15) is 31.1 Å². The quantitative estimate of drug-likeness (QED) is 0.311. The molecule has 0 bridgehead atoms. The number of carboxylic acid groups (broad SMARTS) is 2. The number of halogens is 6. The Morgan fingerprint density at radius 2 is 1.50 bits per heavy atom. The van der Waals surface area contributed by atoms with Gasteiger partial charge in [0.2, 0.25) is 0 Å². The Morgan fingerprint density at radius 1 is 1.00 bits per heavy atom. The number of benzene rings is 1. The summed E-state index contributed by atoms with van der Waals surface area (Å²) in [6.07, 6.45) is -7.78. The lowest BCUT2D eigenvalue weighted by Gasteiger charge is -2.31. The van der Waals surface area contributed by atoms with Crippen molar-refractivity contribution in [3.63, 3.8) is 0 Å². The number of ether oxygens (including phenoxy) is 1. The first-order valence-electron chi connectivity index (χ1n) is 10.6. The molecule has 0 aliphatic carbocycles. The number of carbonyl (C=O) groups excluding carboxylic acids is 1. The summed E-state index contributed by atoms with van der Waals surface area (Å²) in [6.45, 7) is 7.15. The smallest absolute Gasteiger partial charge is 0.490 e. The van der Waals surface area contributed by atoms with Crippen molar-refractivity contribution in [2.75, 3.05) is 39.8 Å². The Bertz CT molecular complexity index is 803. The summed E-state index contributed by atoms with van der Waals surface area (Å²) >= 11 is 0. The number of carboxylic acids is 2. The number of likely N-dealkylation sites (tertiary alicyclic amines) is 1. The zero-order valence-corrected chi connectivity index (χ0v) is 19.6. The number of hydrogen-bond acceptors (Lipinski definition) is 6. The topological polar surface area (TPSA) is 128 Å². The molecular weight excluding hydrogens is 504 g/mol. The molecule has 9 nitrogen and oxygen atoms in total. The van der Waals surface area contributed by atoms with Crippen molar-refractivity contribution >= 4 is 17.8 Å². The van der Waals surface area contributed by atoms with Crippen LogP contribution >= 0.6 is 0 Å². The number of rotatable bonds is 7. The standard InChI is InChI=1S/C17H27N3O2.2C2HF3O2/c1-3-20-11-7-15(8-12-20)18-9-10-19-17(21)14-5-4-6-16(13-14)22-2;2*3-2(4,5)1(6)7/h4-6,13,15,18H,3,7-12H2,1-2H3,(H,19,21);2*(H,6,7). The molecule has 1 heterocycles. The first kappa shape index (κ1) is 32.9. The van der Waals surface area contributed by atoms with Gasteiger partial charge in [-0.05, 0) is 50.7 Å². The molecule has 1 amide bonds. The number of hydrogen-bond donors (Lipinski definition) is 4. The van der Waals surface area contributed by atoms with Crippen LogP contribution in [0.5, 0.6) is 5.75 Å². The Labute approximate surface area is 203 Å². The van der Waals surface area contributed by atoms with Crippen LogP contribution in [0.25, 0.3) is 0 Å². The highest BCUT2D eigenvalue weighted by molar-refractivity contribution is 5.94. The predicted octanol–water partition coefficient (Wildman–Crippen LogP) is 2.77. The number of nitrogens with one attached hydrogen (secondary N) is 2. The van der Waals surface area contributed by atoms with Crippen LogP contribution in [0.3, 0.4) is 0 Å². The summed E-state index contributed by atoms with van der Waals surface area (Å²) in [5, 5.41) is 20.7. The van der Waals surface area contributed by atoms with Crippen molar-refractivity contribution in [2.45, 2.75) is 38.2 Å². The fourth-order valence-corrected chi connectivity index (χ4v) is 2.77. The number of nitrogens with zero attached hydrogens (tertiary/aromatic N) is 1. The second-order valence-electron chi connectivity index (χ2n) is 7.26. The molecule has 0 unspecified atom stereocenters. The maximum Gasteiger partial charge on any atom is 0.490 e. The van der Waals surface area contributed by atoms with Gasteiger partial charge in [-0.2, -0.15) is 26.3 Å². The minimum Gasteiger partial charge on any atom is -0.497 e. The molecule has 36 heavy (non-hydrogen) atoms. The molecule has 1 fully saturated rings. The van der Waals surface area contributed by atoms with Crippen LogP contribution in [-0.2, 0) is 9.59 Å². The van der Waals surface area contributed by atoms with Crippen LogP contribution in [0.4, 0.5) is 26.3 Å². The number of amides is 1. The summed E-state index contributed by atoms with van der Waals surface area (Å²) in [5.74, 6) is -4.87. The van der Waals surface area contributed by atoms with Crippen LogP contribution in [0.2, 0.25) is 0 Å². The van der Waals surface area contributed by atoms with Gasteiger partial charge in [-0.3, -0.25) is 4.79 Å². The molecule has 1 aliphatic rings. The zero-order chi connectivity index (χ0) is 27.9. The molecule has 4 N–H and O–H groups in total. The molecule has 2 rings (SSSR count). The maximum absolute atomic E-state index is 12.0. The van der Waals surface area contributed by atoms with E-state index in [2.05, 4.69) is 22.5 Å². The van der Waals surface area contributed by atoms with Gasteiger partial charge < -0.3 is 30.5 Å². The number of methoxy groups -OCH3 is 1. The van der Waals surface area contributed by atoms with E-state index in [4.69, 9.17) is 24.5 Å². The van der Waals surface area contributed by atoms with Crippen LogP contribution in [-0.4, -0.2) is 91.2 Å². The third-order valence-electron chi connectivity index (χ3n) is 4.70. The van der Waals surface area contributed by atoms with E-state index >= 15 is 0 Å². The van der Waals surface area contributed by atoms with E-state index in [0.29, 0.717) is 23.9 Å². The van der Waals surface area contributed by atoms with Crippen molar-refractivity contribution < 1.29 is 55.7 Å². The fourth-order valence-electron chi connectivity index (χ4n) is 2.77. The Balaban J connectivity index is 0.000000720. The first-order valence-corrected chi connectivity index (χ1v) is 10.6. The van der Waals surface area contributed by atoms with Gasteiger partial charge in [-0.25, -0.2) is 9.59 Å². The Kier molecular flexibility index (Phi) is 14.5. The van der Waals surface area contributed by atoms with Crippen LogP contribution in [0.1, 0.15) is 30.1 Å². The van der Waals surface area contributed by atoms with Gasteiger partial charge in [0.25, 0.3) is 5.91 Å². The van der Waals surface area contributed by atoms with E-state index < -0.39 is 24.3 Å². The largest absolute Gasteiger partial charge is 0.497 e. The van der Waals surface area contributed by atoms with Crippen molar-refractivity contribution in [3.8, 4) is 5.75 Å². The van der Waals surface area contributed by atoms with Gasteiger partial charge in [0.1, 0.15) is 5.75 Å². The minimum absolute atomic E-state index is 0.0542. The molecular formula is C21H29F6N3O6. The fraction of sp³-hybridized carbons (Fsp3) is 0.571. The second kappa shape index (κ2) is 15.8. The SMILES string of the molecule is CCN1CCC(NCCNC(=O)c2cccc(OC)c2)CC1.O=C(O)C(F)(F)F.O=C(O)C(F)(F)F. The lowest BCUT2D eigenvalue weighted by atomic mass is 10.1. The van der Waals surface area contributed by atoms with Gasteiger partial charge in [0.05, 0.1) is 7.11 Å². The minimum atomic E-state index is -5.08. The average Bonchev–Trinajstić information content (AvgIpc) is 2.81. The highest BCUT2D eigenvalue weighted by Crippen LogP contribution is 2.14. The lowest BCUT2D eigenvalue weighted by Crippen LogP contribution is -2.44. The highest BCUT2D eigenvalue weighted by Gasteiger charge is 2.38. The van der Waals surface area contributed by atoms with E-state index in [0.717, 1.165) is 13.1 Å². The highest BCUT2D eigenvalue weighted by atomic mass is 19.4. The molecule has 0 radical (unpaired) electrons. The summed E-state index contributed by atoms with van der Waals surface area (Å²) in [6, 6.07) is 7.79.